The van der Waals surface area contributed by atoms with E-state index in [9.17, 15) is 5.11 Å². The molecule has 0 aromatic carbocycles. The van der Waals surface area contributed by atoms with E-state index >= 15 is 0 Å². The summed E-state index contributed by atoms with van der Waals surface area (Å²) in [5.41, 5.74) is 5.52. The largest absolute Gasteiger partial charge is 0.393 e. The molecule has 0 spiro atoms. The van der Waals surface area contributed by atoms with E-state index < -0.39 is 0 Å². The molecule has 0 heterocycles. The lowest BCUT2D eigenvalue weighted by Crippen LogP contribution is -2.05. The molecule has 1 unspecified atom stereocenters. The van der Waals surface area contributed by atoms with Crippen molar-refractivity contribution in [3.05, 3.63) is 0 Å². The van der Waals surface area contributed by atoms with E-state index in [0.717, 1.165) is 19.4 Å². The van der Waals surface area contributed by atoms with Crippen LogP contribution in [0.25, 0.3) is 0 Å². The molecule has 1 atom stereocenters. The van der Waals surface area contributed by atoms with Crippen LogP contribution in [0.2, 0.25) is 0 Å². The topological polar surface area (TPSA) is 46.2 Å². The molecule has 0 amide bonds. The molecule has 2 nitrogen and oxygen atoms in total. The Bertz CT molecular complexity index is 294. The summed E-state index contributed by atoms with van der Waals surface area (Å²) in [5, 5.41) is 10.1. The fourth-order valence-electron chi connectivity index (χ4n) is 4.48. The minimum atomic E-state index is -0.0449. The van der Waals surface area contributed by atoms with Crippen LogP contribution in [0.3, 0.4) is 0 Å². The molecule has 2 heteroatoms. The molecule has 0 saturated carbocycles. The van der Waals surface area contributed by atoms with Gasteiger partial charge in [-0.3, -0.25) is 0 Å². The van der Waals surface area contributed by atoms with Gasteiger partial charge >= 0.3 is 0 Å². The smallest absolute Gasteiger partial charge is 0.0540 e. The van der Waals surface area contributed by atoms with E-state index in [2.05, 4.69) is 6.92 Å². The molecule has 0 saturated heterocycles. The molecule has 0 aliphatic rings. The molecular weight excluding hydrogens is 366 g/mol. The van der Waals surface area contributed by atoms with Crippen molar-refractivity contribution in [1.29, 1.82) is 0 Å². The molecule has 0 fully saturated rings. The lowest BCUT2D eigenvalue weighted by atomic mass is 10.0. The molecule has 30 heavy (non-hydrogen) atoms. The molecule has 182 valence electrons. The zero-order valence-corrected chi connectivity index (χ0v) is 21.0. The molecular formula is C28H59NO. The highest BCUT2D eigenvalue weighted by Gasteiger charge is 2.03. The Morgan fingerprint density at radius 3 is 1.00 bits per heavy atom. The lowest BCUT2D eigenvalue weighted by Gasteiger charge is -2.10. The first-order chi connectivity index (χ1) is 14.8. The first-order valence-corrected chi connectivity index (χ1v) is 14.2. The third-order valence-corrected chi connectivity index (χ3v) is 6.63. The molecule has 0 radical (unpaired) electrons. The highest BCUT2D eigenvalue weighted by Crippen LogP contribution is 2.16. The van der Waals surface area contributed by atoms with Crippen molar-refractivity contribution in [2.45, 2.75) is 174 Å². The Hall–Kier alpha value is -0.0800. The van der Waals surface area contributed by atoms with Gasteiger partial charge in [0.15, 0.2) is 0 Å². The second-order valence-electron chi connectivity index (χ2n) is 9.80. The Labute approximate surface area is 191 Å². The number of aliphatic hydroxyl groups is 1. The third kappa shape index (κ3) is 26.0. The first kappa shape index (κ1) is 29.9. The van der Waals surface area contributed by atoms with E-state index in [1.165, 1.54) is 148 Å². The average Bonchev–Trinajstić information content (AvgIpc) is 2.75. The molecule has 0 aromatic heterocycles. The summed E-state index contributed by atoms with van der Waals surface area (Å²) in [6, 6.07) is 0. The third-order valence-electron chi connectivity index (χ3n) is 6.63. The second kappa shape index (κ2) is 27.0. The van der Waals surface area contributed by atoms with E-state index in [1.54, 1.807) is 0 Å². The van der Waals surface area contributed by atoms with Crippen molar-refractivity contribution >= 4 is 0 Å². The van der Waals surface area contributed by atoms with Crippen molar-refractivity contribution in [2.24, 2.45) is 5.73 Å². The number of hydrogen-bond donors (Lipinski definition) is 2. The van der Waals surface area contributed by atoms with Gasteiger partial charge in [0.25, 0.3) is 0 Å². The van der Waals surface area contributed by atoms with Gasteiger partial charge in [-0.2, -0.15) is 0 Å². The number of unbranched alkanes of at least 4 members (excludes halogenated alkanes) is 21. The summed E-state index contributed by atoms with van der Waals surface area (Å²) in [6.45, 7) is 3.14. The predicted molar refractivity (Wildman–Crippen MR) is 136 cm³/mol. The maximum atomic E-state index is 10.1. The number of aliphatic hydroxyl groups excluding tert-OH is 1. The van der Waals surface area contributed by atoms with E-state index in [0.29, 0.717) is 0 Å². The SMILES string of the molecule is CCCCCCCCCCCCCCCCCC(O)CCCCCCCCCCN. The van der Waals surface area contributed by atoms with Gasteiger partial charge in [0.05, 0.1) is 6.10 Å². The van der Waals surface area contributed by atoms with Crippen LogP contribution in [0, 0.1) is 0 Å². The van der Waals surface area contributed by atoms with Crippen LogP contribution >= 0.6 is 0 Å². The van der Waals surface area contributed by atoms with Gasteiger partial charge in [0.2, 0.25) is 0 Å². The molecule has 0 aliphatic carbocycles. The summed E-state index contributed by atoms with van der Waals surface area (Å²) < 4.78 is 0. The van der Waals surface area contributed by atoms with Crippen molar-refractivity contribution in [3.8, 4) is 0 Å². The first-order valence-electron chi connectivity index (χ1n) is 14.2. The fraction of sp³-hybridized carbons (Fsp3) is 1.00. The highest BCUT2D eigenvalue weighted by atomic mass is 16.3. The van der Waals surface area contributed by atoms with Gasteiger partial charge in [0, 0.05) is 0 Å². The van der Waals surface area contributed by atoms with Crippen LogP contribution in [-0.4, -0.2) is 17.8 Å². The monoisotopic (exact) mass is 425 g/mol. The molecule has 3 N–H and O–H groups in total. The van der Waals surface area contributed by atoms with Crippen LogP contribution < -0.4 is 5.73 Å². The fourth-order valence-corrected chi connectivity index (χ4v) is 4.48. The van der Waals surface area contributed by atoms with Crippen LogP contribution in [0.15, 0.2) is 0 Å². The predicted octanol–water partition coefficient (Wildman–Crippen LogP) is 9.08. The number of rotatable bonds is 26. The second-order valence-corrected chi connectivity index (χ2v) is 9.80. The van der Waals surface area contributed by atoms with Crippen molar-refractivity contribution in [2.75, 3.05) is 6.54 Å². The Balaban J connectivity index is 3.12. The van der Waals surface area contributed by atoms with Gasteiger partial charge < -0.3 is 10.8 Å². The molecule has 0 bridgehead atoms. The van der Waals surface area contributed by atoms with Crippen molar-refractivity contribution in [1.82, 2.24) is 0 Å². The highest BCUT2D eigenvalue weighted by molar-refractivity contribution is 4.58. The molecule has 0 aliphatic heterocycles. The van der Waals surface area contributed by atoms with Crippen molar-refractivity contribution in [3.63, 3.8) is 0 Å². The normalized spacial score (nSPS) is 12.5. The zero-order chi connectivity index (χ0) is 22.0. The lowest BCUT2D eigenvalue weighted by molar-refractivity contribution is 0.147. The maximum Gasteiger partial charge on any atom is 0.0540 e. The maximum absolute atomic E-state index is 10.1. The van der Waals surface area contributed by atoms with E-state index in [1.807, 2.05) is 0 Å². The Kier molecular flexibility index (Phi) is 26.9. The van der Waals surface area contributed by atoms with Gasteiger partial charge in [-0.25, -0.2) is 0 Å². The van der Waals surface area contributed by atoms with Crippen molar-refractivity contribution < 1.29 is 5.11 Å². The summed E-state index contributed by atoms with van der Waals surface area (Å²) in [4.78, 5) is 0. The standard InChI is InChI=1S/C28H59NO/c1-2-3-4-5-6-7-8-9-10-11-12-13-16-19-22-25-28(30)26-23-20-17-14-15-18-21-24-27-29/h28,30H,2-27,29H2,1H3. The summed E-state index contributed by atoms with van der Waals surface area (Å²) in [6.07, 6.45) is 33.5. The van der Waals surface area contributed by atoms with Gasteiger partial charge in [-0.05, 0) is 25.8 Å². The van der Waals surface area contributed by atoms with Crippen LogP contribution in [0.4, 0.5) is 0 Å². The van der Waals surface area contributed by atoms with Gasteiger partial charge in [0.1, 0.15) is 0 Å². The van der Waals surface area contributed by atoms with E-state index in [4.69, 9.17) is 5.73 Å². The van der Waals surface area contributed by atoms with E-state index in [-0.39, 0.29) is 6.10 Å². The average molecular weight is 426 g/mol. The van der Waals surface area contributed by atoms with Gasteiger partial charge in [-0.15, -0.1) is 0 Å². The van der Waals surface area contributed by atoms with Gasteiger partial charge in [-0.1, -0.05) is 148 Å². The number of nitrogens with two attached hydrogens (primary N) is 1. The summed E-state index contributed by atoms with van der Waals surface area (Å²) in [5.74, 6) is 0. The van der Waals surface area contributed by atoms with Crippen LogP contribution in [-0.2, 0) is 0 Å². The zero-order valence-electron chi connectivity index (χ0n) is 21.0. The minimum Gasteiger partial charge on any atom is -0.393 e. The minimum absolute atomic E-state index is 0.0449. The summed E-state index contributed by atoms with van der Waals surface area (Å²) >= 11 is 0. The Morgan fingerprint density at radius 1 is 0.433 bits per heavy atom. The quantitative estimate of drug-likeness (QED) is 0.136. The Morgan fingerprint density at radius 2 is 0.700 bits per heavy atom. The summed E-state index contributed by atoms with van der Waals surface area (Å²) in [7, 11) is 0. The van der Waals surface area contributed by atoms with Crippen LogP contribution in [0.5, 0.6) is 0 Å². The number of hydrogen-bond acceptors (Lipinski definition) is 2. The molecule has 0 rings (SSSR count). The molecule has 0 aromatic rings. The van der Waals surface area contributed by atoms with Crippen LogP contribution in [0.1, 0.15) is 167 Å².